The lowest BCUT2D eigenvalue weighted by molar-refractivity contribution is 0.154. The van der Waals surface area contributed by atoms with E-state index in [0.717, 1.165) is 23.8 Å². The number of likely N-dealkylation sites (tertiary alicyclic amines) is 1. The molecule has 2 N–H and O–H groups in total. The summed E-state index contributed by atoms with van der Waals surface area (Å²) in [5, 5.41) is 13.8. The van der Waals surface area contributed by atoms with E-state index in [2.05, 4.69) is 5.32 Å². The predicted octanol–water partition coefficient (Wildman–Crippen LogP) is 3.31. The van der Waals surface area contributed by atoms with E-state index in [4.69, 9.17) is 16.0 Å². The molecule has 2 atom stereocenters. The third kappa shape index (κ3) is 2.91. The van der Waals surface area contributed by atoms with Crippen LogP contribution in [-0.4, -0.2) is 35.2 Å². The van der Waals surface area contributed by atoms with Gasteiger partial charge in [0.2, 0.25) is 0 Å². The van der Waals surface area contributed by atoms with Crippen LogP contribution in [0.1, 0.15) is 31.6 Å². The molecule has 2 aromatic rings. The third-order valence-corrected chi connectivity index (χ3v) is 4.35. The first-order chi connectivity index (χ1) is 10.6. The zero-order chi connectivity index (χ0) is 15.7. The van der Waals surface area contributed by atoms with Crippen molar-refractivity contribution >= 4 is 28.6 Å². The largest absolute Gasteiger partial charge is 0.459 e. The summed E-state index contributed by atoms with van der Waals surface area (Å²) in [6, 6.07) is 6.82. The maximum Gasteiger partial charge on any atom is 0.318 e. The minimum Gasteiger partial charge on any atom is -0.459 e. The number of nitrogens with one attached hydrogen (secondary N) is 1. The molecule has 2 heterocycles. The van der Waals surface area contributed by atoms with Crippen LogP contribution in [0.4, 0.5) is 4.79 Å². The van der Waals surface area contributed by atoms with Crippen LogP contribution in [0.5, 0.6) is 0 Å². The van der Waals surface area contributed by atoms with Gasteiger partial charge in [0.25, 0.3) is 0 Å². The van der Waals surface area contributed by atoms with E-state index < -0.39 is 0 Å². The Morgan fingerprint density at radius 1 is 1.55 bits per heavy atom. The highest BCUT2D eigenvalue weighted by atomic mass is 35.5. The van der Waals surface area contributed by atoms with Gasteiger partial charge < -0.3 is 19.7 Å². The van der Waals surface area contributed by atoms with Crippen molar-refractivity contribution in [3.63, 3.8) is 0 Å². The molecule has 0 radical (unpaired) electrons. The number of carbonyl (C=O) groups is 1. The molecule has 0 spiro atoms. The standard InChI is InChI=1S/C16H19ClN2O3/c1-10(18-16(21)19-6-2-3-13(19)9-20)15-8-11-7-12(17)4-5-14(11)22-15/h4-5,7-8,10,13,20H,2-3,6,9H2,1H3,(H,18,21). The molecular weight excluding hydrogens is 304 g/mol. The summed E-state index contributed by atoms with van der Waals surface area (Å²) in [5.74, 6) is 0.686. The van der Waals surface area contributed by atoms with Crippen LogP contribution in [-0.2, 0) is 0 Å². The Morgan fingerprint density at radius 2 is 2.36 bits per heavy atom. The summed E-state index contributed by atoms with van der Waals surface area (Å²) in [5.41, 5.74) is 0.745. The topological polar surface area (TPSA) is 65.7 Å². The van der Waals surface area contributed by atoms with Crippen LogP contribution >= 0.6 is 11.6 Å². The average Bonchev–Trinajstić information content (AvgIpc) is 3.12. The van der Waals surface area contributed by atoms with Crippen LogP contribution < -0.4 is 5.32 Å². The normalized spacial score (nSPS) is 19.6. The number of benzene rings is 1. The molecule has 3 rings (SSSR count). The molecule has 1 aromatic carbocycles. The number of hydrogen-bond donors (Lipinski definition) is 2. The van der Waals surface area contributed by atoms with Gasteiger partial charge >= 0.3 is 6.03 Å². The van der Waals surface area contributed by atoms with Gasteiger partial charge in [0.05, 0.1) is 18.7 Å². The van der Waals surface area contributed by atoms with Crippen LogP contribution in [0.25, 0.3) is 11.0 Å². The Bertz CT molecular complexity index is 685. The van der Waals surface area contributed by atoms with Crippen molar-refractivity contribution in [3.8, 4) is 0 Å². The quantitative estimate of drug-likeness (QED) is 0.911. The Kier molecular flexibility index (Phi) is 4.27. The van der Waals surface area contributed by atoms with Gasteiger partial charge in [0, 0.05) is 17.0 Å². The van der Waals surface area contributed by atoms with Gasteiger partial charge in [0.1, 0.15) is 11.3 Å². The fourth-order valence-electron chi connectivity index (χ4n) is 2.88. The second kappa shape index (κ2) is 6.18. The second-order valence-corrected chi connectivity index (χ2v) is 6.11. The van der Waals surface area contributed by atoms with Gasteiger partial charge in [-0.2, -0.15) is 0 Å². The van der Waals surface area contributed by atoms with Crippen molar-refractivity contribution in [1.29, 1.82) is 0 Å². The predicted molar refractivity (Wildman–Crippen MR) is 85.0 cm³/mol. The molecule has 1 aliphatic heterocycles. The lowest BCUT2D eigenvalue weighted by atomic mass is 10.2. The van der Waals surface area contributed by atoms with E-state index in [1.54, 1.807) is 11.0 Å². The van der Waals surface area contributed by atoms with Crippen molar-refractivity contribution in [3.05, 3.63) is 35.0 Å². The van der Waals surface area contributed by atoms with Crippen molar-refractivity contribution in [1.82, 2.24) is 10.2 Å². The number of halogens is 1. The zero-order valence-electron chi connectivity index (χ0n) is 12.4. The van der Waals surface area contributed by atoms with Gasteiger partial charge in [-0.15, -0.1) is 0 Å². The molecule has 1 aliphatic rings. The molecule has 22 heavy (non-hydrogen) atoms. The van der Waals surface area contributed by atoms with Crippen molar-refractivity contribution in [2.75, 3.05) is 13.2 Å². The van der Waals surface area contributed by atoms with Crippen LogP contribution in [0, 0.1) is 0 Å². The molecule has 1 saturated heterocycles. The molecule has 0 saturated carbocycles. The SMILES string of the molecule is CC(NC(=O)N1CCCC1CO)c1cc2cc(Cl)ccc2o1. The van der Waals surface area contributed by atoms with Gasteiger partial charge in [0.15, 0.2) is 0 Å². The molecule has 1 fully saturated rings. The van der Waals surface area contributed by atoms with E-state index >= 15 is 0 Å². The first-order valence-corrected chi connectivity index (χ1v) is 7.83. The Morgan fingerprint density at radius 3 is 3.14 bits per heavy atom. The molecule has 2 unspecified atom stereocenters. The minimum absolute atomic E-state index is 0.00490. The number of fused-ring (bicyclic) bond motifs is 1. The molecule has 5 nitrogen and oxygen atoms in total. The highest BCUT2D eigenvalue weighted by Crippen LogP contribution is 2.27. The number of furan rings is 1. The number of hydrogen-bond acceptors (Lipinski definition) is 3. The fourth-order valence-corrected chi connectivity index (χ4v) is 3.06. The molecule has 0 bridgehead atoms. The first kappa shape index (κ1) is 15.2. The number of amides is 2. The Labute approximate surface area is 133 Å². The second-order valence-electron chi connectivity index (χ2n) is 5.67. The molecular formula is C16H19ClN2O3. The minimum atomic E-state index is -0.251. The molecule has 118 valence electrons. The number of aliphatic hydroxyl groups excluding tert-OH is 1. The smallest absolute Gasteiger partial charge is 0.318 e. The lowest BCUT2D eigenvalue weighted by Crippen LogP contribution is -2.44. The zero-order valence-corrected chi connectivity index (χ0v) is 13.1. The van der Waals surface area contributed by atoms with Crippen LogP contribution in [0.2, 0.25) is 5.02 Å². The van der Waals surface area contributed by atoms with E-state index in [0.29, 0.717) is 17.3 Å². The highest BCUT2D eigenvalue weighted by molar-refractivity contribution is 6.31. The monoisotopic (exact) mass is 322 g/mol. The summed E-state index contributed by atoms with van der Waals surface area (Å²) in [6.07, 6.45) is 1.78. The van der Waals surface area contributed by atoms with Crippen LogP contribution in [0.3, 0.4) is 0 Å². The molecule has 1 aromatic heterocycles. The van der Waals surface area contributed by atoms with E-state index in [1.165, 1.54) is 0 Å². The van der Waals surface area contributed by atoms with Gasteiger partial charge in [-0.25, -0.2) is 4.79 Å². The average molecular weight is 323 g/mol. The third-order valence-electron chi connectivity index (χ3n) is 4.11. The number of rotatable bonds is 3. The summed E-state index contributed by atoms with van der Waals surface area (Å²) in [6.45, 7) is 2.56. The molecule has 0 aliphatic carbocycles. The summed E-state index contributed by atoms with van der Waals surface area (Å²) >= 11 is 5.97. The number of aliphatic hydroxyl groups is 1. The maximum atomic E-state index is 12.3. The molecule has 6 heteroatoms. The summed E-state index contributed by atoms with van der Waals surface area (Å²) < 4.78 is 5.76. The van der Waals surface area contributed by atoms with Crippen molar-refractivity contribution in [2.45, 2.75) is 31.8 Å². The van der Waals surface area contributed by atoms with E-state index in [1.807, 2.05) is 25.1 Å². The summed E-state index contributed by atoms with van der Waals surface area (Å²) in [7, 11) is 0. The number of nitrogens with zero attached hydrogens (tertiary/aromatic N) is 1. The van der Waals surface area contributed by atoms with Gasteiger partial charge in [-0.3, -0.25) is 0 Å². The Balaban J connectivity index is 1.72. The van der Waals surface area contributed by atoms with Gasteiger partial charge in [-0.1, -0.05) is 11.6 Å². The van der Waals surface area contributed by atoms with Crippen molar-refractivity contribution in [2.24, 2.45) is 0 Å². The maximum absolute atomic E-state index is 12.3. The lowest BCUT2D eigenvalue weighted by Gasteiger charge is -2.25. The summed E-state index contributed by atoms with van der Waals surface area (Å²) in [4.78, 5) is 14.0. The Hall–Kier alpha value is -1.72. The van der Waals surface area contributed by atoms with Crippen LogP contribution in [0.15, 0.2) is 28.7 Å². The van der Waals surface area contributed by atoms with Gasteiger partial charge in [-0.05, 0) is 44.0 Å². The van der Waals surface area contributed by atoms with E-state index in [-0.39, 0.29) is 24.7 Å². The fraction of sp³-hybridized carbons (Fsp3) is 0.438. The number of carbonyl (C=O) groups excluding carboxylic acids is 1. The molecule has 2 amide bonds. The number of urea groups is 1. The van der Waals surface area contributed by atoms with E-state index in [9.17, 15) is 9.90 Å². The first-order valence-electron chi connectivity index (χ1n) is 7.45. The van der Waals surface area contributed by atoms with Crippen molar-refractivity contribution < 1.29 is 14.3 Å². The highest BCUT2D eigenvalue weighted by Gasteiger charge is 2.29.